The summed E-state index contributed by atoms with van der Waals surface area (Å²) in [5, 5.41) is 12.4. The third-order valence-corrected chi connectivity index (χ3v) is 3.47. The van der Waals surface area contributed by atoms with Crippen LogP contribution in [-0.4, -0.2) is 37.9 Å². The van der Waals surface area contributed by atoms with Crippen molar-refractivity contribution in [2.45, 2.75) is 6.92 Å². The van der Waals surface area contributed by atoms with E-state index in [0.29, 0.717) is 16.4 Å². The fourth-order valence-corrected chi connectivity index (χ4v) is 2.60. The number of aliphatic carboxylic acids is 1. The maximum absolute atomic E-state index is 11.9. The van der Waals surface area contributed by atoms with Crippen molar-refractivity contribution >= 4 is 46.3 Å². The second-order valence-corrected chi connectivity index (χ2v) is 5.20. The molecule has 0 aliphatic carbocycles. The Morgan fingerprint density at radius 3 is 3.00 bits per heavy atom. The van der Waals surface area contributed by atoms with Gasteiger partial charge in [0.2, 0.25) is 0 Å². The first-order chi connectivity index (χ1) is 8.47. The largest absolute Gasteiger partial charge is 0.480 e. The summed E-state index contributed by atoms with van der Waals surface area (Å²) in [6, 6.07) is 1.67. The quantitative estimate of drug-likeness (QED) is 0.661. The molecule has 0 aromatic carbocycles. The maximum atomic E-state index is 11.9. The van der Waals surface area contributed by atoms with Crippen molar-refractivity contribution in [1.29, 1.82) is 0 Å². The number of aryl methyl sites for hydroxylation is 1. The summed E-state index contributed by atoms with van der Waals surface area (Å²) in [6.07, 6.45) is 1.53. The van der Waals surface area contributed by atoms with E-state index in [4.69, 9.17) is 21.8 Å². The summed E-state index contributed by atoms with van der Waals surface area (Å²) in [6.45, 7) is 1.31. The standard InChI is InChI=1S/C10H8N2O4S2/c1-5-2-6(11-16-5)3-7-9(15)12(4-8(13)14)10(17)18-7/h2-3H,4H2,1H3,(H,13,14). The highest BCUT2D eigenvalue weighted by Crippen LogP contribution is 2.32. The van der Waals surface area contributed by atoms with Crippen molar-refractivity contribution in [3.8, 4) is 0 Å². The van der Waals surface area contributed by atoms with E-state index in [1.54, 1.807) is 13.0 Å². The normalized spacial score (nSPS) is 17.8. The Morgan fingerprint density at radius 1 is 1.72 bits per heavy atom. The fraction of sp³-hybridized carbons (Fsp3) is 0.200. The van der Waals surface area contributed by atoms with Gasteiger partial charge < -0.3 is 9.63 Å². The summed E-state index contributed by atoms with van der Waals surface area (Å²) < 4.78 is 5.10. The predicted octanol–water partition coefficient (Wildman–Crippen LogP) is 1.27. The lowest BCUT2D eigenvalue weighted by molar-refractivity contribution is -0.140. The molecule has 2 rings (SSSR count). The number of thioether (sulfide) groups is 1. The van der Waals surface area contributed by atoms with Gasteiger partial charge in [-0.3, -0.25) is 14.5 Å². The van der Waals surface area contributed by atoms with E-state index >= 15 is 0 Å². The summed E-state index contributed by atoms with van der Waals surface area (Å²) in [7, 11) is 0. The van der Waals surface area contributed by atoms with E-state index in [1.165, 1.54) is 6.08 Å². The zero-order valence-corrected chi connectivity index (χ0v) is 10.9. The molecule has 0 unspecified atom stereocenters. The Balaban J connectivity index is 2.22. The number of rotatable bonds is 3. The molecule has 0 atom stereocenters. The molecule has 1 fully saturated rings. The zero-order valence-electron chi connectivity index (χ0n) is 9.24. The third kappa shape index (κ3) is 2.59. The number of hydrogen-bond acceptors (Lipinski definition) is 6. The van der Waals surface area contributed by atoms with Gasteiger partial charge in [0.15, 0.2) is 0 Å². The van der Waals surface area contributed by atoms with Crippen LogP contribution < -0.4 is 0 Å². The molecule has 1 aliphatic rings. The number of carbonyl (C=O) groups excluding carboxylic acids is 1. The van der Waals surface area contributed by atoms with Gasteiger partial charge in [-0.2, -0.15) is 0 Å². The Morgan fingerprint density at radius 2 is 2.44 bits per heavy atom. The van der Waals surface area contributed by atoms with Crippen molar-refractivity contribution in [2.24, 2.45) is 0 Å². The van der Waals surface area contributed by atoms with Crippen molar-refractivity contribution in [3.05, 3.63) is 22.4 Å². The molecule has 1 aromatic rings. The molecule has 94 valence electrons. The molecule has 6 nitrogen and oxygen atoms in total. The monoisotopic (exact) mass is 284 g/mol. The highest BCUT2D eigenvalue weighted by Gasteiger charge is 2.33. The number of thiocarbonyl (C=S) groups is 1. The number of carboxylic acids is 1. The van der Waals surface area contributed by atoms with Gasteiger partial charge in [-0.1, -0.05) is 29.1 Å². The second-order valence-electron chi connectivity index (χ2n) is 3.52. The predicted molar refractivity (Wildman–Crippen MR) is 68.8 cm³/mol. The van der Waals surface area contributed by atoms with Gasteiger partial charge in [0.1, 0.15) is 22.3 Å². The van der Waals surface area contributed by atoms with Gasteiger partial charge >= 0.3 is 5.97 Å². The molecule has 8 heteroatoms. The molecule has 0 saturated carbocycles. The summed E-state index contributed by atoms with van der Waals surface area (Å²) in [5.74, 6) is -0.903. The third-order valence-electron chi connectivity index (χ3n) is 2.09. The Kier molecular flexibility index (Phi) is 3.48. The molecule has 1 aliphatic heterocycles. The molecule has 0 radical (unpaired) electrons. The van der Waals surface area contributed by atoms with Crippen LogP contribution in [0, 0.1) is 6.92 Å². The lowest BCUT2D eigenvalue weighted by Gasteiger charge is -2.09. The topological polar surface area (TPSA) is 83.6 Å². The zero-order chi connectivity index (χ0) is 13.3. The van der Waals surface area contributed by atoms with Crippen molar-refractivity contribution in [3.63, 3.8) is 0 Å². The van der Waals surface area contributed by atoms with Gasteiger partial charge in [0, 0.05) is 6.07 Å². The van der Waals surface area contributed by atoms with E-state index in [9.17, 15) is 9.59 Å². The van der Waals surface area contributed by atoms with Gasteiger partial charge in [0.25, 0.3) is 5.91 Å². The number of carboxylic acid groups (broad SMARTS) is 1. The van der Waals surface area contributed by atoms with E-state index in [1.807, 2.05) is 0 Å². The number of nitrogens with zero attached hydrogens (tertiary/aromatic N) is 2. The molecule has 18 heavy (non-hydrogen) atoms. The number of hydrogen-bond donors (Lipinski definition) is 1. The lowest BCUT2D eigenvalue weighted by Crippen LogP contribution is -2.33. The minimum Gasteiger partial charge on any atom is -0.480 e. The Labute approximate surface area is 112 Å². The average Bonchev–Trinajstić information content (AvgIpc) is 2.78. The fourth-order valence-electron chi connectivity index (χ4n) is 1.36. The first-order valence-electron chi connectivity index (χ1n) is 4.88. The van der Waals surface area contributed by atoms with Crippen LogP contribution in [0.5, 0.6) is 0 Å². The second kappa shape index (κ2) is 4.91. The molecule has 1 amide bonds. The molecular formula is C10H8N2O4S2. The average molecular weight is 284 g/mol. The highest BCUT2D eigenvalue weighted by molar-refractivity contribution is 8.26. The minimum absolute atomic E-state index is 0.230. The van der Waals surface area contributed by atoms with E-state index in [0.717, 1.165) is 16.7 Å². The smallest absolute Gasteiger partial charge is 0.323 e. The van der Waals surface area contributed by atoms with Crippen LogP contribution in [0.2, 0.25) is 0 Å². The van der Waals surface area contributed by atoms with Crippen LogP contribution in [0.3, 0.4) is 0 Å². The highest BCUT2D eigenvalue weighted by atomic mass is 32.2. The van der Waals surface area contributed by atoms with Crippen LogP contribution in [-0.2, 0) is 9.59 Å². The molecule has 0 spiro atoms. The molecule has 2 heterocycles. The maximum Gasteiger partial charge on any atom is 0.323 e. The molecule has 1 N–H and O–H groups in total. The van der Waals surface area contributed by atoms with Crippen LogP contribution in [0.15, 0.2) is 15.5 Å². The van der Waals surface area contributed by atoms with Gasteiger partial charge in [0.05, 0.1) is 4.91 Å². The van der Waals surface area contributed by atoms with Crippen LogP contribution in [0.1, 0.15) is 11.5 Å². The molecule has 1 aromatic heterocycles. The Bertz CT molecular complexity index is 564. The van der Waals surface area contributed by atoms with Crippen molar-refractivity contribution in [1.82, 2.24) is 10.1 Å². The lowest BCUT2D eigenvalue weighted by atomic mass is 10.3. The minimum atomic E-state index is -1.11. The van der Waals surface area contributed by atoms with Crippen molar-refractivity contribution < 1.29 is 19.2 Å². The first kappa shape index (κ1) is 12.8. The number of amides is 1. The number of aromatic nitrogens is 1. The van der Waals surface area contributed by atoms with E-state index < -0.39 is 18.4 Å². The Hall–Kier alpha value is -1.67. The first-order valence-corrected chi connectivity index (χ1v) is 6.10. The van der Waals surface area contributed by atoms with E-state index in [-0.39, 0.29) is 4.32 Å². The van der Waals surface area contributed by atoms with Gasteiger partial charge in [-0.15, -0.1) is 0 Å². The molecule has 0 bridgehead atoms. The van der Waals surface area contributed by atoms with Gasteiger partial charge in [-0.05, 0) is 13.0 Å². The van der Waals surface area contributed by atoms with Crippen LogP contribution >= 0.6 is 24.0 Å². The number of carbonyl (C=O) groups is 2. The summed E-state index contributed by atoms with van der Waals surface area (Å²) in [5.41, 5.74) is 0.503. The van der Waals surface area contributed by atoms with Crippen LogP contribution in [0.4, 0.5) is 0 Å². The van der Waals surface area contributed by atoms with E-state index in [2.05, 4.69) is 5.16 Å². The summed E-state index contributed by atoms with van der Waals surface area (Å²) in [4.78, 5) is 23.9. The van der Waals surface area contributed by atoms with Crippen molar-refractivity contribution in [2.75, 3.05) is 6.54 Å². The molecule has 1 saturated heterocycles. The summed E-state index contributed by atoms with van der Waals surface area (Å²) >= 11 is 6.01. The van der Waals surface area contributed by atoms with Crippen LogP contribution in [0.25, 0.3) is 6.08 Å². The molecular weight excluding hydrogens is 276 g/mol. The van der Waals surface area contributed by atoms with Gasteiger partial charge in [-0.25, -0.2) is 0 Å². The SMILES string of the molecule is Cc1cc(C=C2SC(=S)N(CC(=O)O)C2=O)no1.